The Morgan fingerprint density at radius 2 is 1.64 bits per heavy atom. The molecule has 0 saturated carbocycles. The summed E-state index contributed by atoms with van der Waals surface area (Å²) < 4.78 is 5.37. The lowest BCUT2D eigenvalue weighted by Crippen LogP contribution is -2.14. The van der Waals surface area contributed by atoms with E-state index < -0.39 is 0 Å². The lowest BCUT2D eigenvalue weighted by Gasteiger charge is -2.13. The summed E-state index contributed by atoms with van der Waals surface area (Å²) in [6.07, 6.45) is 4.31. The van der Waals surface area contributed by atoms with E-state index in [9.17, 15) is 9.59 Å². The molecule has 0 heterocycles. The minimum Gasteiger partial charge on any atom is -0.465 e. The van der Waals surface area contributed by atoms with Crippen molar-refractivity contribution in [1.82, 2.24) is 0 Å². The van der Waals surface area contributed by atoms with Gasteiger partial charge in [-0.25, -0.2) is 0 Å². The van der Waals surface area contributed by atoms with Crippen LogP contribution in [0.1, 0.15) is 66.9 Å². The van der Waals surface area contributed by atoms with Crippen LogP contribution in [0.25, 0.3) is 0 Å². The second-order valence-electron chi connectivity index (χ2n) is 6.27. The summed E-state index contributed by atoms with van der Waals surface area (Å²) in [6.45, 7) is 4.43. The Bertz CT molecular complexity index is 691. The summed E-state index contributed by atoms with van der Waals surface area (Å²) >= 11 is 0. The third kappa shape index (κ3) is 5.56. The van der Waals surface area contributed by atoms with Gasteiger partial charge in [0.25, 0.3) is 0 Å². The lowest BCUT2D eigenvalue weighted by atomic mass is 9.96. The molecule has 25 heavy (non-hydrogen) atoms. The van der Waals surface area contributed by atoms with Gasteiger partial charge in [-0.1, -0.05) is 74.7 Å². The number of esters is 1. The van der Waals surface area contributed by atoms with E-state index in [0.717, 1.165) is 31.2 Å². The van der Waals surface area contributed by atoms with Crippen molar-refractivity contribution < 1.29 is 14.3 Å². The van der Waals surface area contributed by atoms with Crippen LogP contribution in [0, 0.1) is 0 Å². The molecule has 132 valence electrons. The molecule has 0 bridgehead atoms. The average Bonchev–Trinajstić information content (AvgIpc) is 2.67. The number of hydrogen-bond donors (Lipinski definition) is 0. The van der Waals surface area contributed by atoms with E-state index in [4.69, 9.17) is 4.74 Å². The molecule has 0 saturated heterocycles. The van der Waals surface area contributed by atoms with Gasteiger partial charge in [-0.05, 0) is 25.0 Å². The number of carbonyl (C=O) groups is 2. The zero-order valence-electron chi connectivity index (χ0n) is 15.0. The first kappa shape index (κ1) is 18.9. The van der Waals surface area contributed by atoms with Gasteiger partial charge >= 0.3 is 5.97 Å². The van der Waals surface area contributed by atoms with Crippen LogP contribution in [0.3, 0.4) is 0 Å². The van der Waals surface area contributed by atoms with Gasteiger partial charge in [0.1, 0.15) is 0 Å². The van der Waals surface area contributed by atoms with Crippen LogP contribution in [0.4, 0.5) is 0 Å². The van der Waals surface area contributed by atoms with Gasteiger partial charge in [0.15, 0.2) is 5.78 Å². The minimum atomic E-state index is -0.380. The van der Waals surface area contributed by atoms with Crippen molar-refractivity contribution in [3.8, 4) is 0 Å². The van der Waals surface area contributed by atoms with E-state index in [-0.39, 0.29) is 17.7 Å². The summed E-state index contributed by atoms with van der Waals surface area (Å²) in [6, 6.07) is 16.4. The van der Waals surface area contributed by atoms with E-state index in [1.807, 2.05) is 37.3 Å². The molecule has 0 unspecified atom stereocenters. The molecule has 1 atom stereocenters. The van der Waals surface area contributed by atoms with Crippen LogP contribution in [-0.2, 0) is 9.53 Å². The van der Waals surface area contributed by atoms with Crippen LogP contribution in [0.5, 0.6) is 0 Å². The predicted octanol–water partition coefficient (Wildman–Crippen LogP) is 5.14. The largest absolute Gasteiger partial charge is 0.465 e. The van der Waals surface area contributed by atoms with Gasteiger partial charge in [-0.2, -0.15) is 0 Å². The minimum absolute atomic E-state index is 0.0393. The zero-order chi connectivity index (χ0) is 18.1. The van der Waals surface area contributed by atoms with E-state index >= 15 is 0 Å². The molecule has 0 aliphatic heterocycles. The number of ether oxygens (including phenoxy) is 1. The summed E-state index contributed by atoms with van der Waals surface area (Å²) in [5, 5.41) is 0. The first-order chi connectivity index (χ1) is 12.1. The van der Waals surface area contributed by atoms with Gasteiger partial charge in [0.2, 0.25) is 0 Å². The monoisotopic (exact) mass is 338 g/mol. The number of unbranched alkanes of at least 4 members (excludes halogenated alkanes) is 3. The topological polar surface area (TPSA) is 43.4 Å². The summed E-state index contributed by atoms with van der Waals surface area (Å²) in [5.41, 5.74) is 2.04. The highest BCUT2D eigenvalue weighted by Crippen LogP contribution is 2.20. The average molecular weight is 338 g/mol. The maximum Gasteiger partial charge on any atom is 0.313 e. The number of hydrogen-bond acceptors (Lipinski definition) is 3. The fourth-order valence-electron chi connectivity index (χ4n) is 2.67. The molecule has 2 aromatic rings. The van der Waals surface area contributed by atoms with Crippen LogP contribution < -0.4 is 0 Å². The molecule has 0 fully saturated rings. The molecule has 0 spiro atoms. The molecular formula is C22H26O3. The second-order valence-corrected chi connectivity index (χ2v) is 6.27. The fourth-order valence-corrected chi connectivity index (χ4v) is 2.67. The van der Waals surface area contributed by atoms with Crippen LogP contribution in [-0.4, -0.2) is 18.4 Å². The van der Waals surface area contributed by atoms with Crippen molar-refractivity contribution in [3.05, 3.63) is 71.3 Å². The maximum atomic E-state index is 12.5. The number of benzene rings is 2. The lowest BCUT2D eigenvalue weighted by molar-refractivity contribution is -0.145. The summed E-state index contributed by atoms with van der Waals surface area (Å²) in [5.74, 6) is -0.655. The first-order valence-corrected chi connectivity index (χ1v) is 8.99. The van der Waals surface area contributed by atoms with Crippen LogP contribution in [0.15, 0.2) is 54.6 Å². The Morgan fingerprint density at radius 3 is 2.36 bits per heavy atom. The Labute approximate surface area is 150 Å². The SMILES string of the molecule is CCCCCCOC(=O)[C@H](C)c1cccc(C(=O)c2ccccc2)c1. The van der Waals surface area contributed by atoms with Crippen LogP contribution in [0.2, 0.25) is 0 Å². The summed E-state index contributed by atoms with van der Waals surface area (Å²) in [7, 11) is 0. The fraction of sp³-hybridized carbons (Fsp3) is 0.364. The molecule has 0 aliphatic carbocycles. The van der Waals surface area contributed by atoms with Gasteiger partial charge < -0.3 is 4.74 Å². The standard InChI is InChI=1S/C22H26O3/c1-3-4-5-9-15-25-22(24)17(2)19-13-10-14-20(16-19)21(23)18-11-7-6-8-12-18/h6-8,10-14,16-17H,3-5,9,15H2,1-2H3/t17-/m1/s1. The van der Waals surface area contributed by atoms with Gasteiger partial charge in [0.05, 0.1) is 12.5 Å². The Hall–Kier alpha value is -2.42. The van der Waals surface area contributed by atoms with Crippen molar-refractivity contribution >= 4 is 11.8 Å². The highest BCUT2D eigenvalue weighted by atomic mass is 16.5. The quantitative estimate of drug-likeness (QED) is 0.361. The predicted molar refractivity (Wildman–Crippen MR) is 99.8 cm³/mol. The van der Waals surface area contributed by atoms with Crippen molar-refractivity contribution in [3.63, 3.8) is 0 Å². The second kappa shape index (κ2) is 9.77. The number of ketones is 1. The van der Waals surface area contributed by atoms with Gasteiger partial charge in [-0.15, -0.1) is 0 Å². The molecule has 3 heteroatoms. The summed E-state index contributed by atoms with van der Waals surface area (Å²) in [4.78, 5) is 24.8. The molecule has 0 aromatic heterocycles. The van der Waals surface area contributed by atoms with Crippen molar-refractivity contribution in [1.29, 1.82) is 0 Å². The first-order valence-electron chi connectivity index (χ1n) is 8.99. The van der Waals surface area contributed by atoms with Crippen molar-refractivity contribution in [2.75, 3.05) is 6.61 Å². The molecule has 0 amide bonds. The molecule has 0 radical (unpaired) electrons. The van der Waals surface area contributed by atoms with E-state index in [0.29, 0.717) is 17.7 Å². The van der Waals surface area contributed by atoms with Gasteiger partial charge in [-0.3, -0.25) is 9.59 Å². The molecule has 2 rings (SSSR count). The van der Waals surface area contributed by atoms with E-state index in [1.54, 1.807) is 24.3 Å². The normalized spacial score (nSPS) is 11.8. The Balaban J connectivity index is 2.00. The molecule has 2 aromatic carbocycles. The molecule has 0 aliphatic rings. The third-order valence-corrected chi connectivity index (χ3v) is 4.28. The highest BCUT2D eigenvalue weighted by Gasteiger charge is 2.18. The number of rotatable bonds is 9. The molecule has 3 nitrogen and oxygen atoms in total. The number of carbonyl (C=O) groups excluding carboxylic acids is 2. The Morgan fingerprint density at radius 1 is 0.920 bits per heavy atom. The Kier molecular flexibility index (Phi) is 7.39. The van der Waals surface area contributed by atoms with Gasteiger partial charge in [0, 0.05) is 11.1 Å². The molecular weight excluding hydrogens is 312 g/mol. The van der Waals surface area contributed by atoms with Crippen molar-refractivity contribution in [2.24, 2.45) is 0 Å². The highest BCUT2D eigenvalue weighted by molar-refractivity contribution is 6.09. The molecule has 0 N–H and O–H groups in total. The van der Waals surface area contributed by atoms with E-state index in [2.05, 4.69) is 6.92 Å². The van der Waals surface area contributed by atoms with Crippen molar-refractivity contribution in [2.45, 2.75) is 45.4 Å². The van der Waals surface area contributed by atoms with E-state index in [1.165, 1.54) is 0 Å². The zero-order valence-corrected chi connectivity index (χ0v) is 15.0. The smallest absolute Gasteiger partial charge is 0.313 e. The third-order valence-electron chi connectivity index (χ3n) is 4.28. The maximum absolute atomic E-state index is 12.5. The van der Waals surface area contributed by atoms with Crippen LogP contribution >= 0.6 is 0 Å².